The minimum atomic E-state index is -0.558. The molecule has 0 radical (unpaired) electrons. The maximum absolute atomic E-state index is 12.6. The third kappa shape index (κ3) is 5.07. The summed E-state index contributed by atoms with van der Waals surface area (Å²) in [5.74, 6) is 0.364. The van der Waals surface area contributed by atoms with Crippen LogP contribution in [-0.2, 0) is 4.74 Å². The SMILES string of the molecule is CCC(OC(=O)Nc1[nH]c2ccc(Sc3ccccc3)cc2c1C#N)N1CCN(C)CC1. The van der Waals surface area contributed by atoms with E-state index in [-0.39, 0.29) is 6.23 Å². The van der Waals surface area contributed by atoms with Gasteiger partial charge in [-0.3, -0.25) is 10.2 Å². The van der Waals surface area contributed by atoms with E-state index < -0.39 is 6.09 Å². The molecule has 1 amide bonds. The lowest BCUT2D eigenvalue weighted by atomic mass is 10.2. The highest BCUT2D eigenvalue weighted by atomic mass is 32.2. The van der Waals surface area contributed by atoms with Gasteiger partial charge in [0, 0.05) is 46.9 Å². The fraction of sp³-hybridized carbons (Fsp3) is 0.333. The number of anilines is 1. The van der Waals surface area contributed by atoms with Crippen molar-refractivity contribution in [3.8, 4) is 6.07 Å². The Labute approximate surface area is 192 Å². The molecule has 1 fully saturated rings. The summed E-state index contributed by atoms with van der Waals surface area (Å²) < 4.78 is 5.70. The van der Waals surface area contributed by atoms with Crippen LogP contribution in [0.25, 0.3) is 10.9 Å². The van der Waals surface area contributed by atoms with E-state index in [1.807, 2.05) is 55.5 Å². The van der Waals surface area contributed by atoms with E-state index in [4.69, 9.17) is 4.74 Å². The molecular weight excluding hydrogens is 422 g/mol. The van der Waals surface area contributed by atoms with Crippen molar-refractivity contribution in [1.82, 2.24) is 14.8 Å². The second-order valence-corrected chi connectivity index (χ2v) is 8.99. The van der Waals surface area contributed by atoms with Crippen LogP contribution in [0, 0.1) is 11.3 Å². The number of aromatic nitrogens is 1. The minimum absolute atomic E-state index is 0.285. The van der Waals surface area contributed by atoms with Crippen LogP contribution in [0.3, 0.4) is 0 Å². The number of amides is 1. The topological polar surface area (TPSA) is 84.4 Å². The largest absolute Gasteiger partial charge is 0.430 e. The number of H-pyrrole nitrogens is 1. The highest BCUT2D eigenvalue weighted by Crippen LogP contribution is 2.33. The molecule has 0 saturated carbocycles. The molecule has 166 valence electrons. The molecule has 32 heavy (non-hydrogen) atoms. The smallest absolute Gasteiger partial charge is 0.414 e. The number of nitrogens with zero attached hydrogens (tertiary/aromatic N) is 3. The van der Waals surface area contributed by atoms with Gasteiger partial charge in [0.2, 0.25) is 0 Å². The van der Waals surface area contributed by atoms with Gasteiger partial charge >= 0.3 is 6.09 Å². The van der Waals surface area contributed by atoms with Gasteiger partial charge in [-0.25, -0.2) is 4.79 Å². The number of benzene rings is 2. The average Bonchev–Trinajstić information content (AvgIpc) is 3.15. The van der Waals surface area contributed by atoms with Crippen molar-refractivity contribution in [2.24, 2.45) is 0 Å². The fourth-order valence-electron chi connectivity index (χ4n) is 3.85. The van der Waals surface area contributed by atoms with E-state index in [9.17, 15) is 10.1 Å². The van der Waals surface area contributed by atoms with Crippen LogP contribution >= 0.6 is 11.8 Å². The molecule has 1 unspecified atom stereocenters. The van der Waals surface area contributed by atoms with Crippen molar-refractivity contribution in [3.63, 3.8) is 0 Å². The van der Waals surface area contributed by atoms with Gasteiger partial charge in [0.15, 0.2) is 6.23 Å². The lowest BCUT2D eigenvalue weighted by Crippen LogP contribution is -2.50. The second kappa shape index (κ2) is 10.1. The summed E-state index contributed by atoms with van der Waals surface area (Å²) in [5, 5.41) is 13.3. The van der Waals surface area contributed by atoms with Crippen molar-refractivity contribution >= 4 is 34.6 Å². The number of nitrogens with one attached hydrogen (secondary N) is 2. The average molecular weight is 450 g/mol. The van der Waals surface area contributed by atoms with Gasteiger partial charge in [-0.1, -0.05) is 36.9 Å². The molecule has 3 aromatic rings. The third-order valence-corrected chi connectivity index (χ3v) is 6.62. The lowest BCUT2D eigenvalue weighted by molar-refractivity contribution is -0.0300. The molecule has 0 aliphatic carbocycles. The Balaban J connectivity index is 1.48. The molecule has 0 spiro atoms. The number of hydrogen-bond donors (Lipinski definition) is 2. The molecular formula is C24H27N5O2S. The number of ether oxygens (including phenoxy) is 1. The molecule has 1 atom stereocenters. The fourth-order valence-corrected chi connectivity index (χ4v) is 4.73. The molecule has 7 nitrogen and oxygen atoms in total. The molecule has 1 saturated heterocycles. The van der Waals surface area contributed by atoms with Crippen molar-refractivity contribution < 1.29 is 9.53 Å². The quantitative estimate of drug-likeness (QED) is 0.566. The van der Waals surface area contributed by atoms with Crippen molar-refractivity contribution in [1.29, 1.82) is 5.26 Å². The Morgan fingerprint density at radius 3 is 2.62 bits per heavy atom. The zero-order valence-corrected chi connectivity index (χ0v) is 19.1. The van der Waals surface area contributed by atoms with E-state index in [0.29, 0.717) is 17.8 Å². The summed E-state index contributed by atoms with van der Waals surface area (Å²) in [6.07, 6.45) is -0.139. The second-order valence-electron chi connectivity index (χ2n) is 7.84. The molecule has 1 aliphatic heterocycles. The Morgan fingerprint density at radius 1 is 1.19 bits per heavy atom. The highest BCUT2D eigenvalue weighted by molar-refractivity contribution is 7.99. The first kappa shape index (κ1) is 22.2. The number of hydrogen-bond acceptors (Lipinski definition) is 6. The molecule has 1 aliphatic rings. The van der Waals surface area contributed by atoms with Gasteiger partial charge in [-0.2, -0.15) is 5.26 Å². The highest BCUT2D eigenvalue weighted by Gasteiger charge is 2.25. The Hall–Kier alpha value is -2.99. The first-order valence-electron chi connectivity index (χ1n) is 10.8. The van der Waals surface area contributed by atoms with Crippen LogP contribution in [0.15, 0.2) is 58.3 Å². The monoisotopic (exact) mass is 449 g/mol. The maximum Gasteiger partial charge on any atom is 0.414 e. The number of rotatable bonds is 6. The predicted molar refractivity (Wildman–Crippen MR) is 127 cm³/mol. The van der Waals surface area contributed by atoms with E-state index in [1.165, 1.54) is 0 Å². The molecule has 0 bridgehead atoms. The zero-order valence-electron chi connectivity index (χ0n) is 18.3. The first-order chi connectivity index (χ1) is 15.6. The van der Waals surface area contributed by atoms with Gasteiger partial charge in [0.05, 0.1) is 0 Å². The summed E-state index contributed by atoms with van der Waals surface area (Å²) in [6.45, 7) is 5.63. The van der Waals surface area contributed by atoms with Gasteiger partial charge in [-0.15, -0.1) is 0 Å². The maximum atomic E-state index is 12.6. The van der Waals surface area contributed by atoms with Crippen LogP contribution in [0.2, 0.25) is 0 Å². The Kier molecular flexibility index (Phi) is 7.00. The van der Waals surface area contributed by atoms with Crippen molar-refractivity contribution in [3.05, 3.63) is 54.1 Å². The van der Waals surface area contributed by atoms with Gasteiger partial charge in [-0.05, 0) is 43.8 Å². The van der Waals surface area contributed by atoms with Crippen LogP contribution in [0.5, 0.6) is 0 Å². The van der Waals surface area contributed by atoms with Crippen molar-refractivity contribution in [2.45, 2.75) is 29.4 Å². The van der Waals surface area contributed by atoms with Crippen LogP contribution in [-0.4, -0.2) is 60.3 Å². The summed E-state index contributed by atoms with van der Waals surface area (Å²) in [7, 11) is 2.09. The first-order valence-corrected chi connectivity index (χ1v) is 11.6. The van der Waals surface area contributed by atoms with Gasteiger partial charge in [0.25, 0.3) is 0 Å². The van der Waals surface area contributed by atoms with Crippen LogP contribution in [0.4, 0.5) is 10.6 Å². The summed E-state index contributed by atoms with van der Waals surface area (Å²) in [4.78, 5) is 22.4. The summed E-state index contributed by atoms with van der Waals surface area (Å²) in [6, 6.07) is 18.2. The van der Waals surface area contributed by atoms with E-state index in [2.05, 4.69) is 33.2 Å². The molecule has 2 N–H and O–H groups in total. The normalized spacial score (nSPS) is 15.9. The molecule has 1 aromatic heterocycles. The minimum Gasteiger partial charge on any atom is -0.430 e. The number of likely N-dealkylation sites (N-methyl/N-ethyl adjacent to an activating group) is 1. The number of fused-ring (bicyclic) bond motifs is 1. The van der Waals surface area contributed by atoms with Gasteiger partial charge in [0.1, 0.15) is 17.5 Å². The standard InChI is InChI=1S/C24H27N5O2S/c1-3-22(29-13-11-28(2)12-14-29)31-24(30)27-23-20(16-25)19-15-18(9-10-21(19)26-23)32-17-7-5-4-6-8-17/h4-10,15,22,26H,3,11-14H2,1-2H3,(H,27,30). The number of nitriles is 1. The van der Waals surface area contributed by atoms with Crippen LogP contribution in [0.1, 0.15) is 18.9 Å². The lowest BCUT2D eigenvalue weighted by Gasteiger charge is -2.36. The molecule has 8 heteroatoms. The Morgan fingerprint density at radius 2 is 1.94 bits per heavy atom. The summed E-state index contributed by atoms with van der Waals surface area (Å²) in [5.41, 5.74) is 1.19. The molecule has 4 rings (SSSR count). The number of carbonyl (C=O) groups excluding carboxylic acids is 1. The Bertz CT molecular complexity index is 1120. The van der Waals surface area contributed by atoms with E-state index in [1.54, 1.807) is 11.8 Å². The van der Waals surface area contributed by atoms with E-state index >= 15 is 0 Å². The number of piperazine rings is 1. The number of carbonyl (C=O) groups is 1. The zero-order chi connectivity index (χ0) is 22.5. The third-order valence-electron chi connectivity index (χ3n) is 5.63. The number of aromatic amines is 1. The predicted octanol–water partition coefficient (Wildman–Crippen LogP) is 4.72. The molecule has 2 heterocycles. The summed E-state index contributed by atoms with van der Waals surface area (Å²) >= 11 is 1.63. The van der Waals surface area contributed by atoms with Gasteiger partial charge < -0.3 is 14.6 Å². The van der Waals surface area contributed by atoms with Crippen LogP contribution < -0.4 is 5.32 Å². The van der Waals surface area contributed by atoms with Crippen molar-refractivity contribution in [2.75, 3.05) is 38.5 Å². The molecule has 2 aromatic carbocycles. The van der Waals surface area contributed by atoms with E-state index in [0.717, 1.165) is 46.9 Å².